The Balaban J connectivity index is 1.21. The van der Waals surface area contributed by atoms with Crippen molar-refractivity contribution < 1.29 is 23.8 Å². The number of methoxy groups -OCH3 is 1. The second-order valence-corrected chi connectivity index (χ2v) is 10.3. The first kappa shape index (κ1) is 29.2. The minimum Gasteiger partial charge on any atom is -0.493 e. The molecule has 1 aliphatic rings. The third-order valence-electron chi connectivity index (χ3n) is 7.33. The number of ether oxygens (including phenoxy) is 2. The number of halogens is 1. The molecule has 5 rings (SSSR count). The van der Waals surface area contributed by atoms with E-state index >= 15 is 0 Å². The van der Waals surface area contributed by atoms with Crippen LogP contribution in [-0.2, 0) is 11.2 Å². The Kier molecular flexibility index (Phi) is 9.78. The number of anilines is 3. The number of aromatic amines is 1. The lowest BCUT2D eigenvalue weighted by Gasteiger charge is -2.28. The number of aromatic nitrogens is 4. The molecule has 1 fully saturated rings. The molecule has 0 unspecified atom stereocenters. The number of rotatable bonds is 14. The van der Waals surface area contributed by atoms with Gasteiger partial charge in [-0.2, -0.15) is 5.10 Å². The number of hydrogen-bond acceptors (Lipinski definition) is 9. The van der Waals surface area contributed by atoms with Gasteiger partial charge in [-0.15, -0.1) is 0 Å². The first-order valence-corrected chi connectivity index (χ1v) is 14.2. The van der Waals surface area contributed by atoms with Crippen molar-refractivity contribution in [3.63, 3.8) is 0 Å². The Bertz CT molecular complexity index is 1490. The molecule has 0 bridgehead atoms. The molecule has 4 N–H and O–H groups in total. The number of fused-ring (bicyclic) bond motifs is 1. The van der Waals surface area contributed by atoms with Gasteiger partial charge in [-0.05, 0) is 43.5 Å². The highest BCUT2D eigenvalue weighted by molar-refractivity contribution is 5.93. The van der Waals surface area contributed by atoms with Gasteiger partial charge in [0.15, 0.2) is 17.3 Å². The van der Waals surface area contributed by atoms with Crippen LogP contribution >= 0.6 is 0 Å². The summed E-state index contributed by atoms with van der Waals surface area (Å²) in [7, 11) is 1.59. The molecule has 12 heteroatoms. The Hall–Kier alpha value is -4.29. The van der Waals surface area contributed by atoms with Crippen LogP contribution in [0.3, 0.4) is 0 Å². The molecule has 4 aromatic rings. The molecule has 0 radical (unpaired) electrons. The molecule has 222 valence electrons. The highest BCUT2D eigenvalue weighted by atomic mass is 19.1. The lowest BCUT2D eigenvalue weighted by Crippen LogP contribution is -2.36. The van der Waals surface area contributed by atoms with E-state index in [-0.39, 0.29) is 18.9 Å². The van der Waals surface area contributed by atoms with Gasteiger partial charge in [0.1, 0.15) is 18.0 Å². The van der Waals surface area contributed by atoms with Crippen molar-refractivity contribution in [2.24, 2.45) is 0 Å². The summed E-state index contributed by atoms with van der Waals surface area (Å²) < 4.78 is 25.1. The van der Waals surface area contributed by atoms with Gasteiger partial charge < -0.3 is 25.2 Å². The third kappa shape index (κ3) is 7.51. The number of nitrogens with one attached hydrogen (secondary N) is 3. The second kappa shape index (κ2) is 14.1. The molecule has 1 aliphatic carbocycles. The van der Waals surface area contributed by atoms with Crippen LogP contribution in [0.2, 0.25) is 0 Å². The molecule has 1 amide bonds. The highest BCUT2D eigenvalue weighted by Gasteiger charge is 2.22. The number of hydrogen-bond donors (Lipinski definition) is 4. The zero-order valence-electron chi connectivity index (χ0n) is 23.6. The van der Waals surface area contributed by atoms with Crippen molar-refractivity contribution in [2.45, 2.75) is 44.6 Å². The predicted molar refractivity (Wildman–Crippen MR) is 158 cm³/mol. The Morgan fingerprint density at radius 3 is 2.79 bits per heavy atom. The molecule has 1 saturated carbocycles. The van der Waals surface area contributed by atoms with E-state index in [2.05, 4.69) is 35.7 Å². The van der Waals surface area contributed by atoms with Crippen molar-refractivity contribution >= 4 is 34.1 Å². The summed E-state index contributed by atoms with van der Waals surface area (Å²) in [4.78, 5) is 23.6. The fourth-order valence-corrected chi connectivity index (χ4v) is 5.34. The van der Waals surface area contributed by atoms with Crippen LogP contribution in [0.1, 0.15) is 37.8 Å². The van der Waals surface area contributed by atoms with Crippen LogP contribution in [0.25, 0.3) is 10.9 Å². The Labute approximate surface area is 243 Å². The third-order valence-corrected chi connectivity index (χ3v) is 7.33. The van der Waals surface area contributed by atoms with Crippen LogP contribution in [0.5, 0.6) is 11.5 Å². The zero-order valence-corrected chi connectivity index (χ0v) is 23.6. The molecule has 0 saturated heterocycles. The van der Waals surface area contributed by atoms with Gasteiger partial charge >= 0.3 is 0 Å². The van der Waals surface area contributed by atoms with E-state index < -0.39 is 5.82 Å². The number of H-pyrrole nitrogens is 1. The van der Waals surface area contributed by atoms with Gasteiger partial charge in [0.05, 0.1) is 32.3 Å². The van der Waals surface area contributed by atoms with Gasteiger partial charge in [0, 0.05) is 48.0 Å². The SMILES string of the molecule is COc1cc2c(Nc3cc(CC(=O)Nc4cccc(F)c4)[nH]n3)ncnc2cc1OCCCN(CCO)C1CCCC1. The van der Waals surface area contributed by atoms with Crippen LogP contribution in [0.4, 0.5) is 21.7 Å². The number of aliphatic hydroxyl groups excluding tert-OH is 1. The van der Waals surface area contributed by atoms with E-state index in [0.29, 0.717) is 64.6 Å². The van der Waals surface area contributed by atoms with E-state index in [1.807, 2.05) is 12.1 Å². The number of benzene rings is 2. The topological polar surface area (TPSA) is 138 Å². The van der Waals surface area contributed by atoms with Crippen LogP contribution in [0, 0.1) is 5.82 Å². The van der Waals surface area contributed by atoms with Gasteiger partial charge in [0.2, 0.25) is 5.91 Å². The minimum absolute atomic E-state index is 0.0304. The molecule has 11 nitrogen and oxygen atoms in total. The zero-order chi connectivity index (χ0) is 29.3. The second-order valence-electron chi connectivity index (χ2n) is 10.3. The van der Waals surface area contributed by atoms with Crippen LogP contribution in [-0.4, -0.2) is 75.5 Å². The first-order valence-electron chi connectivity index (χ1n) is 14.2. The number of amides is 1. The molecule has 2 aromatic heterocycles. The molecule has 0 atom stereocenters. The summed E-state index contributed by atoms with van der Waals surface area (Å²) in [6.07, 6.45) is 7.22. The molecule has 2 heterocycles. The average Bonchev–Trinajstić information content (AvgIpc) is 3.67. The molecule has 0 aliphatic heterocycles. The molecular weight excluding hydrogens is 541 g/mol. The van der Waals surface area contributed by atoms with Gasteiger partial charge in [-0.25, -0.2) is 14.4 Å². The normalized spacial score (nSPS) is 13.5. The summed E-state index contributed by atoms with van der Waals surface area (Å²) in [5.41, 5.74) is 1.63. The fraction of sp³-hybridized carbons (Fsp3) is 0.400. The van der Waals surface area contributed by atoms with Crippen molar-refractivity contribution in [1.82, 2.24) is 25.1 Å². The first-order chi connectivity index (χ1) is 20.5. The standard InChI is InChI=1S/C30H36FN7O4/c1-41-26-17-24-25(18-27(26)42-13-5-10-38(11-12-39)23-8-2-3-9-23)32-19-33-30(24)35-28-15-22(36-37-28)16-29(40)34-21-7-4-6-20(31)14-21/h4,6-7,14-15,17-19,23,39H,2-3,5,8-13,16H2,1H3,(H,34,40)(H2,32,33,35,36,37). The Morgan fingerprint density at radius 1 is 1.14 bits per heavy atom. The van der Waals surface area contributed by atoms with E-state index in [0.717, 1.165) is 13.0 Å². The highest BCUT2D eigenvalue weighted by Crippen LogP contribution is 2.35. The van der Waals surface area contributed by atoms with Crippen molar-refractivity contribution in [1.29, 1.82) is 0 Å². The maximum absolute atomic E-state index is 13.4. The summed E-state index contributed by atoms with van der Waals surface area (Å²) >= 11 is 0. The molecule has 42 heavy (non-hydrogen) atoms. The summed E-state index contributed by atoms with van der Waals surface area (Å²) in [6, 6.07) is 11.6. The van der Waals surface area contributed by atoms with Crippen molar-refractivity contribution in [3.8, 4) is 11.5 Å². The lowest BCUT2D eigenvalue weighted by molar-refractivity contribution is -0.115. The van der Waals surface area contributed by atoms with Crippen molar-refractivity contribution in [2.75, 3.05) is 44.0 Å². The average molecular weight is 578 g/mol. The van der Waals surface area contributed by atoms with Crippen LogP contribution < -0.4 is 20.1 Å². The Morgan fingerprint density at radius 2 is 2.00 bits per heavy atom. The van der Waals surface area contributed by atoms with Gasteiger partial charge in [-0.1, -0.05) is 18.9 Å². The van der Waals surface area contributed by atoms with E-state index in [1.54, 1.807) is 19.2 Å². The summed E-state index contributed by atoms with van der Waals surface area (Å²) in [5, 5.41) is 23.1. The van der Waals surface area contributed by atoms with E-state index in [4.69, 9.17) is 9.47 Å². The lowest BCUT2D eigenvalue weighted by atomic mass is 10.2. The fourth-order valence-electron chi connectivity index (χ4n) is 5.34. The molecule has 0 spiro atoms. The van der Waals surface area contributed by atoms with Gasteiger partial charge in [0.25, 0.3) is 0 Å². The van der Waals surface area contributed by atoms with Gasteiger partial charge in [-0.3, -0.25) is 14.8 Å². The summed E-state index contributed by atoms with van der Waals surface area (Å²) in [6.45, 7) is 2.23. The quantitative estimate of drug-likeness (QED) is 0.160. The predicted octanol–water partition coefficient (Wildman–Crippen LogP) is 4.43. The number of carbonyl (C=O) groups is 1. The maximum Gasteiger partial charge on any atom is 0.230 e. The van der Waals surface area contributed by atoms with E-state index in [9.17, 15) is 14.3 Å². The van der Waals surface area contributed by atoms with Crippen LogP contribution in [0.15, 0.2) is 48.8 Å². The monoisotopic (exact) mass is 577 g/mol. The molecular formula is C30H36FN7O4. The smallest absolute Gasteiger partial charge is 0.230 e. The largest absolute Gasteiger partial charge is 0.493 e. The van der Waals surface area contributed by atoms with Crippen molar-refractivity contribution in [3.05, 3.63) is 60.3 Å². The summed E-state index contributed by atoms with van der Waals surface area (Å²) in [5.74, 6) is 1.41. The minimum atomic E-state index is -0.423. The van der Waals surface area contributed by atoms with E-state index in [1.165, 1.54) is 50.2 Å². The maximum atomic E-state index is 13.4. The number of nitrogens with zero attached hydrogens (tertiary/aromatic N) is 4. The molecule has 2 aromatic carbocycles. The number of carbonyl (C=O) groups excluding carboxylic acids is 1. The number of aliphatic hydroxyl groups is 1.